The molecular weight excluding hydrogens is 476 g/mol. The summed E-state index contributed by atoms with van der Waals surface area (Å²) in [4.78, 5) is 15.2. The van der Waals surface area contributed by atoms with E-state index in [0.717, 1.165) is 27.3 Å². The predicted molar refractivity (Wildman–Crippen MR) is 139 cm³/mol. The number of carboxylic acid groups (broad SMARTS) is 1. The fraction of sp³-hybridized carbons (Fsp3) is 0.333. The standard InChI is InChI=1S/C27H30N4O4S/c1-5-34-23(27(32)33)15-19-6-12-22(13-7-19)35-16-25-18(4)14-24(36-25)20-8-10-21(11-9-20)26-28-30-31(29-26)17(2)3/h6-14,17,23H,5,15-16H2,1-4H3,(H,32,33). The zero-order valence-electron chi connectivity index (χ0n) is 20.8. The number of tetrazole rings is 1. The Morgan fingerprint density at radius 1 is 1.08 bits per heavy atom. The van der Waals surface area contributed by atoms with E-state index in [2.05, 4.69) is 40.5 Å². The maximum absolute atomic E-state index is 11.3. The van der Waals surface area contributed by atoms with Gasteiger partial charge >= 0.3 is 5.97 Å². The van der Waals surface area contributed by atoms with Crippen molar-refractivity contribution in [2.24, 2.45) is 0 Å². The average Bonchev–Trinajstić information content (AvgIpc) is 3.51. The van der Waals surface area contributed by atoms with Gasteiger partial charge in [-0.15, -0.1) is 21.5 Å². The third-order valence-electron chi connectivity index (χ3n) is 5.70. The zero-order valence-corrected chi connectivity index (χ0v) is 21.7. The summed E-state index contributed by atoms with van der Waals surface area (Å²) in [5.74, 6) is 0.406. The average molecular weight is 507 g/mol. The van der Waals surface area contributed by atoms with Crippen molar-refractivity contribution in [2.75, 3.05) is 6.61 Å². The van der Waals surface area contributed by atoms with Crippen molar-refractivity contribution in [3.05, 3.63) is 70.6 Å². The molecule has 0 saturated carbocycles. The first-order valence-corrected chi connectivity index (χ1v) is 12.7. The van der Waals surface area contributed by atoms with Crippen molar-refractivity contribution in [2.45, 2.75) is 52.9 Å². The number of hydrogen-bond acceptors (Lipinski definition) is 7. The molecule has 0 aliphatic rings. The van der Waals surface area contributed by atoms with Crippen LogP contribution in [0.3, 0.4) is 0 Å². The first kappa shape index (κ1) is 25.5. The van der Waals surface area contributed by atoms with Gasteiger partial charge in [-0.1, -0.05) is 36.4 Å². The highest BCUT2D eigenvalue weighted by atomic mass is 32.1. The first-order valence-electron chi connectivity index (χ1n) is 11.9. The van der Waals surface area contributed by atoms with Crippen LogP contribution < -0.4 is 4.74 Å². The van der Waals surface area contributed by atoms with Gasteiger partial charge in [0.15, 0.2) is 6.10 Å². The van der Waals surface area contributed by atoms with Crippen LogP contribution in [0.2, 0.25) is 0 Å². The zero-order chi connectivity index (χ0) is 25.7. The molecule has 0 fully saturated rings. The summed E-state index contributed by atoms with van der Waals surface area (Å²) in [5, 5.41) is 22.0. The summed E-state index contributed by atoms with van der Waals surface area (Å²) in [6.07, 6.45) is -0.518. The van der Waals surface area contributed by atoms with Crippen LogP contribution in [0.25, 0.3) is 21.8 Å². The monoisotopic (exact) mass is 506 g/mol. The lowest BCUT2D eigenvalue weighted by atomic mass is 10.1. The number of aromatic nitrogens is 4. The molecule has 2 aromatic carbocycles. The Hall–Kier alpha value is -3.56. The van der Waals surface area contributed by atoms with Gasteiger partial charge in [-0.2, -0.15) is 4.80 Å². The molecule has 0 spiro atoms. The maximum Gasteiger partial charge on any atom is 0.333 e. The number of ether oxygens (including phenoxy) is 2. The van der Waals surface area contributed by atoms with Gasteiger partial charge in [-0.25, -0.2) is 4.79 Å². The normalized spacial score (nSPS) is 12.1. The van der Waals surface area contributed by atoms with Crippen LogP contribution in [0.15, 0.2) is 54.6 Å². The lowest BCUT2D eigenvalue weighted by Gasteiger charge is -2.13. The molecule has 4 aromatic rings. The number of nitrogens with zero attached hydrogens (tertiary/aromatic N) is 4. The minimum Gasteiger partial charge on any atom is -0.488 e. The third kappa shape index (κ3) is 6.16. The second kappa shape index (κ2) is 11.5. The lowest BCUT2D eigenvalue weighted by molar-refractivity contribution is -0.149. The first-order chi connectivity index (χ1) is 17.3. The van der Waals surface area contributed by atoms with Gasteiger partial charge in [-0.05, 0) is 67.8 Å². The SMILES string of the molecule is CCOC(Cc1ccc(OCc2sc(-c3ccc(-c4nnn(C(C)C)n4)cc3)cc2C)cc1)C(=O)O. The molecule has 1 unspecified atom stereocenters. The Balaban J connectivity index is 1.38. The quantitative estimate of drug-likeness (QED) is 0.284. The van der Waals surface area contributed by atoms with Crippen LogP contribution in [0.1, 0.15) is 42.8 Å². The number of thiophene rings is 1. The van der Waals surface area contributed by atoms with Gasteiger partial charge in [0.2, 0.25) is 5.82 Å². The molecular formula is C27H30N4O4S. The van der Waals surface area contributed by atoms with Crippen molar-refractivity contribution < 1.29 is 19.4 Å². The molecule has 0 saturated heterocycles. The van der Waals surface area contributed by atoms with E-state index in [4.69, 9.17) is 9.47 Å². The third-order valence-corrected chi connectivity index (χ3v) is 6.96. The number of aryl methyl sites for hydroxylation is 1. The topological polar surface area (TPSA) is 99.4 Å². The van der Waals surface area contributed by atoms with Crippen LogP contribution in [0.5, 0.6) is 5.75 Å². The second-order valence-electron chi connectivity index (χ2n) is 8.74. The van der Waals surface area contributed by atoms with Crippen LogP contribution in [0, 0.1) is 6.92 Å². The van der Waals surface area contributed by atoms with Gasteiger partial charge in [0.05, 0.1) is 6.04 Å². The van der Waals surface area contributed by atoms with E-state index in [1.165, 1.54) is 10.4 Å². The maximum atomic E-state index is 11.3. The Kier molecular flexibility index (Phi) is 8.12. The summed E-state index contributed by atoms with van der Waals surface area (Å²) in [6, 6.07) is 18.0. The molecule has 0 aliphatic heterocycles. The van der Waals surface area contributed by atoms with E-state index < -0.39 is 12.1 Å². The minimum absolute atomic E-state index is 0.169. The van der Waals surface area contributed by atoms with Crippen molar-refractivity contribution >= 4 is 17.3 Å². The molecule has 0 bridgehead atoms. The summed E-state index contributed by atoms with van der Waals surface area (Å²) in [5.41, 5.74) is 4.13. The van der Waals surface area contributed by atoms with Crippen molar-refractivity contribution in [1.82, 2.24) is 20.2 Å². The lowest BCUT2D eigenvalue weighted by Crippen LogP contribution is -2.26. The van der Waals surface area contributed by atoms with Gasteiger partial charge in [-0.3, -0.25) is 0 Å². The summed E-state index contributed by atoms with van der Waals surface area (Å²) in [6.45, 7) is 8.74. The number of hydrogen-bond donors (Lipinski definition) is 1. The molecule has 4 rings (SSSR count). The van der Waals surface area contributed by atoms with Gasteiger partial charge in [0.25, 0.3) is 0 Å². The van der Waals surface area contributed by atoms with E-state index in [1.54, 1.807) is 23.1 Å². The van der Waals surface area contributed by atoms with Crippen molar-refractivity contribution in [3.63, 3.8) is 0 Å². The largest absolute Gasteiger partial charge is 0.488 e. The highest BCUT2D eigenvalue weighted by Gasteiger charge is 2.18. The van der Waals surface area contributed by atoms with E-state index in [9.17, 15) is 9.90 Å². The number of rotatable bonds is 11. The molecule has 1 atom stereocenters. The summed E-state index contributed by atoms with van der Waals surface area (Å²) >= 11 is 1.71. The van der Waals surface area contributed by atoms with Crippen LogP contribution >= 0.6 is 11.3 Å². The molecule has 188 valence electrons. The summed E-state index contributed by atoms with van der Waals surface area (Å²) in [7, 11) is 0. The Bertz CT molecular complexity index is 1300. The number of benzene rings is 2. The molecule has 2 heterocycles. The van der Waals surface area contributed by atoms with Crippen molar-refractivity contribution in [1.29, 1.82) is 0 Å². The second-order valence-corrected chi connectivity index (χ2v) is 9.88. The Morgan fingerprint density at radius 2 is 1.78 bits per heavy atom. The molecule has 2 aromatic heterocycles. The highest BCUT2D eigenvalue weighted by Crippen LogP contribution is 2.33. The molecule has 36 heavy (non-hydrogen) atoms. The molecule has 8 nitrogen and oxygen atoms in total. The fourth-order valence-corrected chi connectivity index (χ4v) is 4.74. The van der Waals surface area contributed by atoms with E-state index >= 15 is 0 Å². The van der Waals surface area contributed by atoms with E-state index in [1.807, 2.05) is 50.2 Å². The smallest absolute Gasteiger partial charge is 0.333 e. The summed E-state index contributed by atoms with van der Waals surface area (Å²) < 4.78 is 11.3. The van der Waals surface area contributed by atoms with E-state index in [-0.39, 0.29) is 6.04 Å². The van der Waals surface area contributed by atoms with Crippen LogP contribution in [0.4, 0.5) is 0 Å². The number of aliphatic carboxylic acids is 1. The fourth-order valence-electron chi connectivity index (χ4n) is 3.65. The Labute approximate surface area is 214 Å². The number of carboxylic acids is 1. The number of carbonyl (C=O) groups is 1. The predicted octanol–water partition coefficient (Wildman–Crippen LogP) is 5.57. The van der Waals surface area contributed by atoms with Gasteiger partial charge in [0, 0.05) is 28.3 Å². The van der Waals surface area contributed by atoms with Crippen LogP contribution in [-0.2, 0) is 22.6 Å². The van der Waals surface area contributed by atoms with E-state index in [0.29, 0.717) is 25.5 Å². The molecule has 0 radical (unpaired) electrons. The minimum atomic E-state index is -0.952. The molecule has 0 amide bonds. The van der Waals surface area contributed by atoms with Gasteiger partial charge < -0.3 is 14.6 Å². The molecule has 9 heteroatoms. The Morgan fingerprint density at radius 3 is 2.39 bits per heavy atom. The van der Waals surface area contributed by atoms with Crippen molar-refractivity contribution in [3.8, 4) is 27.6 Å². The molecule has 0 aliphatic carbocycles. The highest BCUT2D eigenvalue weighted by molar-refractivity contribution is 7.15. The molecule has 1 N–H and O–H groups in total. The van der Waals surface area contributed by atoms with Crippen LogP contribution in [-0.4, -0.2) is 44.0 Å². The van der Waals surface area contributed by atoms with Gasteiger partial charge in [0.1, 0.15) is 12.4 Å².